The lowest BCUT2D eigenvalue weighted by molar-refractivity contribution is 0.0555. The van der Waals surface area contributed by atoms with Crippen molar-refractivity contribution in [3.63, 3.8) is 0 Å². The lowest BCUT2D eigenvalue weighted by Gasteiger charge is -2.39. The van der Waals surface area contributed by atoms with Crippen LogP contribution in [0.15, 0.2) is 90.4 Å². The first-order valence-electron chi connectivity index (χ1n) is 12.9. The summed E-state index contributed by atoms with van der Waals surface area (Å²) in [4.78, 5) is 17.5. The zero-order valence-corrected chi connectivity index (χ0v) is 21.2. The summed E-state index contributed by atoms with van der Waals surface area (Å²) in [6.45, 7) is 0.765. The lowest BCUT2D eigenvalue weighted by atomic mass is 9.86. The van der Waals surface area contributed by atoms with Crippen molar-refractivity contribution < 1.29 is 9.18 Å². The van der Waals surface area contributed by atoms with Crippen LogP contribution in [-0.2, 0) is 5.54 Å². The van der Waals surface area contributed by atoms with Gasteiger partial charge in [-0.05, 0) is 47.8 Å². The van der Waals surface area contributed by atoms with E-state index >= 15 is 4.39 Å². The summed E-state index contributed by atoms with van der Waals surface area (Å²) in [5.74, 6) is -0.778. The fourth-order valence-electron chi connectivity index (χ4n) is 6.04. The minimum atomic E-state index is -0.499. The summed E-state index contributed by atoms with van der Waals surface area (Å²) in [6, 6.07) is 15.1. The van der Waals surface area contributed by atoms with Crippen molar-refractivity contribution in [2.24, 2.45) is 0 Å². The highest BCUT2D eigenvalue weighted by Crippen LogP contribution is 2.44. The number of fused-ring (bicyclic) bond motifs is 1. The summed E-state index contributed by atoms with van der Waals surface area (Å²) in [7, 11) is 3.79. The van der Waals surface area contributed by atoms with Crippen LogP contribution >= 0.6 is 0 Å². The van der Waals surface area contributed by atoms with E-state index in [1.54, 1.807) is 11.0 Å². The summed E-state index contributed by atoms with van der Waals surface area (Å²) < 4.78 is 15.6. The molecule has 0 spiro atoms. The van der Waals surface area contributed by atoms with Crippen molar-refractivity contribution in [1.29, 1.82) is 0 Å². The number of allylic oxidation sites excluding steroid dienone is 1. The van der Waals surface area contributed by atoms with Crippen molar-refractivity contribution in [2.75, 3.05) is 20.6 Å². The van der Waals surface area contributed by atoms with Crippen LogP contribution < -0.4 is 10.7 Å². The van der Waals surface area contributed by atoms with Gasteiger partial charge in [-0.3, -0.25) is 4.79 Å². The number of benzene rings is 2. The molecule has 0 radical (unpaired) electrons. The first-order chi connectivity index (χ1) is 18.0. The molecule has 0 aromatic heterocycles. The van der Waals surface area contributed by atoms with Gasteiger partial charge in [-0.25, -0.2) is 9.82 Å². The Hall–Kier alpha value is -3.84. The second-order valence-corrected chi connectivity index (χ2v) is 10.3. The molecule has 2 aromatic carbocycles. The third kappa shape index (κ3) is 4.03. The predicted molar refractivity (Wildman–Crippen MR) is 143 cm³/mol. The molecule has 6 nitrogen and oxygen atoms in total. The maximum atomic E-state index is 15.6. The predicted octanol–water partition coefficient (Wildman–Crippen LogP) is 4.68. The van der Waals surface area contributed by atoms with Crippen LogP contribution in [0.5, 0.6) is 0 Å². The molecule has 4 aliphatic rings. The first-order valence-corrected chi connectivity index (χ1v) is 12.9. The lowest BCUT2D eigenvalue weighted by Crippen LogP contribution is -2.45. The number of nitrogens with one attached hydrogen (secondary N) is 2. The van der Waals surface area contributed by atoms with Gasteiger partial charge in [0, 0.05) is 44.8 Å². The smallest absolute Gasteiger partial charge is 0.257 e. The maximum Gasteiger partial charge on any atom is 0.257 e. The Balaban J connectivity index is 1.26. The zero-order valence-electron chi connectivity index (χ0n) is 21.2. The highest BCUT2D eigenvalue weighted by Gasteiger charge is 2.42. The summed E-state index contributed by atoms with van der Waals surface area (Å²) >= 11 is 0. The fourth-order valence-corrected chi connectivity index (χ4v) is 6.04. The fraction of sp³-hybridized carbons (Fsp3) is 0.300. The van der Waals surface area contributed by atoms with Crippen LogP contribution in [0.2, 0.25) is 0 Å². The van der Waals surface area contributed by atoms with Gasteiger partial charge in [-0.2, -0.15) is 0 Å². The molecular formula is C30H32FN5O. The Labute approximate surface area is 217 Å². The molecule has 0 bridgehead atoms. The quantitative estimate of drug-likeness (QED) is 0.628. The molecule has 1 fully saturated rings. The number of nitrogens with zero attached hydrogens (tertiary/aromatic N) is 3. The topological polar surface area (TPSA) is 50.9 Å². The third-order valence-electron chi connectivity index (χ3n) is 8.13. The van der Waals surface area contributed by atoms with E-state index in [-0.39, 0.29) is 17.6 Å². The van der Waals surface area contributed by atoms with E-state index in [2.05, 4.69) is 52.3 Å². The molecule has 2 N–H and O–H groups in total. The van der Waals surface area contributed by atoms with Gasteiger partial charge in [0.25, 0.3) is 5.91 Å². The number of amides is 1. The minimum absolute atomic E-state index is 0.0185. The van der Waals surface area contributed by atoms with E-state index < -0.39 is 11.4 Å². The summed E-state index contributed by atoms with van der Waals surface area (Å²) in [5, 5.41) is 5.30. The van der Waals surface area contributed by atoms with Crippen LogP contribution in [-0.4, -0.2) is 47.5 Å². The Bertz CT molecular complexity index is 1340. The van der Waals surface area contributed by atoms with Crippen LogP contribution in [0.1, 0.15) is 47.2 Å². The molecule has 1 aliphatic carbocycles. The standard InChI is InChI=1S/C30H32FN5O/c1-34-19-23(17-33-34)22-11-13-28-32-18-27(36(28)20-22)21-10-12-25(26(31)16-21)29(37)35(2)30(14-6-7-15-30)24-8-4-3-5-9-24/h3-5,8-13,16,18-20,28,32-33H,6-7,14-15,17H2,1-2H3. The molecule has 2 aromatic rings. The zero-order chi connectivity index (χ0) is 25.6. The van der Waals surface area contributed by atoms with Crippen LogP contribution in [0.3, 0.4) is 0 Å². The molecule has 190 valence electrons. The molecule has 37 heavy (non-hydrogen) atoms. The molecule has 3 aliphatic heterocycles. The molecule has 1 unspecified atom stereocenters. The van der Waals surface area contributed by atoms with Crippen LogP contribution in [0.25, 0.3) is 5.70 Å². The number of hydrazine groups is 1. The Kier molecular flexibility index (Phi) is 5.88. The van der Waals surface area contributed by atoms with Crippen LogP contribution in [0, 0.1) is 5.82 Å². The van der Waals surface area contributed by atoms with Gasteiger partial charge in [0.05, 0.1) is 16.8 Å². The van der Waals surface area contributed by atoms with Crippen molar-refractivity contribution in [3.8, 4) is 0 Å². The summed E-state index contributed by atoms with van der Waals surface area (Å²) in [5.41, 5.74) is 8.00. The summed E-state index contributed by atoms with van der Waals surface area (Å²) in [6.07, 6.45) is 14.2. The molecule has 1 atom stereocenters. The van der Waals surface area contributed by atoms with Gasteiger partial charge in [-0.15, -0.1) is 0 Å². The van der Waals surface area contributed by atoms with Gasteiger partial charge >= 0.3 is 0 Å². The average molecular weight is 498 g/mol. The van der Waals surface area contributed by atoms with Gasteiger partial charge < -0.3 is 20.1 Å². The molecule has 3 heterocycles. The first kappa shape index (κ1) is 23.6. The number of hydrogen-bond acceptors (Lipinski definition) is 5. The molecule has 6 rings (SSSR count). The normalized spacial score (nSPS) is 21.8. The largest absolute Gasteiger partial charge is 0.366 e. The number of carbonyl (C=O) groups is 1. The SMILES string of the molecule is CN1C=C(C2=CN3C(c4ccc(C(=O)N(C)C5(c6ccccc6)CCCC5)c(F)c4)=CNC3C=C2)CN1. The number of hydrogen-bond donors (Lipinski definition) is 2. The number of rotatable bonds is 5. The Morgan fingerprint density at radius 2 is 1.89 bits per heavy atom. The van der Waals surface area contributed by atoms with Crippen molar-refractivity contribution >= 4 is 11.6 Å². The van der Waals surface area contributed by atoms with Crippen molar-refractivity contribution in [2.45, 2.75) is 37.4 Å². The monoisotopic (exact) mass is 497 g/mol. The minimum Gasteiger partial charge on any atom is -0.366 e. The van der Waals surface area contributed by atoms with E-state index in [9.17, 15) is 4.79 Å². The van der Waals surface area contributed by atoms with E-state index in [1.807, 2.05) is 49.6 Å². The second-order valence-electron chi connectivity index (χ2n) is 10.3. The second kappa shape index (κ2) is 9.23. The third-order valence-corrected chi connectivity index (χ3v) is 8.13. The Morgan fingerprint density at radius 1 is 1.11 bits per heavy atom. The van der Waals surface area contributed by atoms with Gasteiger partial charge in [0.1, 0.15) is 12.0 Å². The van der Waals surface area contributed by atoms with E-state index in [0.717, 1.165) is 54.6 Å². The molecule has 1 amide bonds. The van der Waals surface area contributed by atoms with E-state index in [0.29, 0.717) is 0 Å². The van der Waals surface area contributed by atoms with E-state index in [1.165, 1.54) is 11.6 Å². The molecule has 0 saturated heterocycles. The van der Waals surface area contributed by atoms with Crippen molar-refractivity contribution in [3.05, 3.63) is 113 Å². The molecular weight excluding hydrogens is 465 g/mol. The highest BCUT2D eigenvalue weighted by atomic mass is 19.1. The van der Waals surface area contributed by atoms with Crippen LogP contribution in [0.4, 0.5) is 4.39 Å². The van der Waals surface area contributed by atoms with Gasteiger partial charge in [-0.1, -0.05) is 55.3 Å². The number of carbonyl (C=O) groups excluding carboxylic acids is 1. The molecule has 1 saturated carbocycles. The molecule has 7 heteroatoms. The maximum absolute atomic E-state index is 15.6. The highest BCUT2D eigenvalue weighted by molar-refractivity contribution is 5.95. The van der Waals surface area contributed by atoms with E-state index in [4.69, 9.17) is 0 Å². The number of halogens is 1. The average Bonchev–Trinajstić information content (AvgIpc) is 3.68. The van der Waals surface area contributed by atoms with Crippen molar-refractivity contribution in [1.82, 2.24) is 25.6 Å². The Morgan fingerprint density at radius 3 is 2.59 bits per heavy atom. The van der Waals surface area contributed by atoms with Gasteiger partial charge in [0.15, 0.2) is 0 Å². The van der Waals surface area contributed by atoms with Gasteiger partial charge in [0.2, 0.25) is 0 Å².